The van der Waals surface area contributed by atoms with E-state index in [1.807, 2.05) is 44.4 Å². The second-order valence-corrected chi connectivity index (χ2v) is 26.8. The zero-order valence-corrected chi connectivity index (χ0v) is 48.8. The normalized spacial score (nSPS) is 31.6. The predicted molar refractivity (Wildman–Crippen MR) is 304 cm³/mol. The van der Waals surface area contributed by atoms with E-state index in [0.29, 0.717) is 83.2 Å². The van der Waals surface area contributed by atoms with Crippen molar-refractivity contribution in [3.63, 3.8) is 0 Å². The third kappa shape index (κ3) is 9.12. The number of urea groups is 2. The third-order valence-electron chi connectivity index (χ3n) is 18.7. The highest BCUT2D eigenvalue weighted by atomic mass is 32.2. The number of aromatic hydroxyl groups is 1. The second-order valence-electron chi connectivity index (χ2n) is 23.2. The lowest BCUT2D eigenvalue weighted by Crippen LogP contribution is -2.69. The average molecular weight is 1180 g/mol. The van der Waals surface area contributed by atoms with Gasteiger partial charge in [-0.1, -0.05) is 18.9 Å². The van der Waals surface area contributed by atoms with Gasteiger partial charge < -0.3 is 59.5 Å². The van der Waals surface area contributed by atoms with Crippen LogP contribution in [0, 0.1) is 25.2 Å². The Morgan fingerprint density at radius 1 is 0.805 bits per heavy atom. The number of nitrogens with zero attached hydrogens (tertiary/aromatic N) is 3. The molecule has 6 N–H and O–H groups in total. The van der Waals surface area contributed by atoms with Crippen molar-refractivity contribution < 1.29 is 62.2 Å². The molecule has 6 fully saturated rings. The Balaban J connectivity index is 0.900. The summed E-state index contributed by atoms with van der Waals surface area (Å²) in [6, 6.07) is 4.91. The minimum Gasteiger partial charge on any atom is -0.504 e. The molecule has 1 spiro atoms. The SMILES string of the molecule is COc1cc2c(cc1O)CCN[C@]21CS[C@@H]2c3c(OC(=O)CCCCC4SCC5NC(=O)NC54)c(C)c4c(c3[C@@H](COC1=O)N1C2[C@H]2c3c(cc(C)c(OC)c3OC(=O)CCCCC3SCC5NC(=O)NC53)C[C@H]([C@@H]1C#N)N2C)OCO4. The lowest BCUT2D eigenvalue weighted by molar-refractivity contribution is -0.157. The number of ether oxygens (including phenoxy) is 7. The van der Waals surface area contributed by atoms with E-state index in [1.54, 1.807) is 19.2 Å². The number of rotatable bonds is 14. The number of aryl methyl sites for hydroxylation is 1. The maximum atomic E-state index is 15.3. The first-order chi connectivity index (χ1) is 39.7. The molecule has 6 saturated heterocycles. The van der Waals surface area contributed by atoms with Gasteiger partial charge in [0.1, 0.15) is 18.4 Å². The lowest BCUT2D eigenvalue weighted by Gasteiger charge is -2.62. The van der Waals surface area contributed by atoms with Crippen LogP contribution in [0.15, 0.2) is 18.2 Å². The summed E-state index contributed by atoms with van der Waals surface area (Å²) in [4.78, 5) is 72.9. The molecule has 0 aromatic heterocycles. The van der Waals surface area contributed by atoms with Crippen LogP contribution in [-0.4, -0.2) is 156 Å². The van der Waals surface area contributed by atoms with Crippen molar-refractivity contribution in [2.24, 2.45) is 0 Å². The Kier molecular flexibility index (Phi) is 14.8. The fourth-order valence-corrected chi connectivity index (χ4v) is 19.7. The molecule has 4 bridgehead atoms. The van der Waals surface area contributed by atoms with Crippen molar-refractivity contribution in [3.8, 4) is 46.3 Å². The number of carbonyl (C=O) groups is 5. The number of hydrogen-bond donors (Lipinski definition) is 6. The number of carbonyl (C=O) groups excluding carboxylic acids is 5. The van der Waals surface area contributed by atoms with Gasteiger partial charge in [0.15, 0.2) is 40.0 Å². The summed E-state index contributed by atoms with van der Waals surface area (Å²) >= 11 is 5.14. The van der Waals surface area contributed by atoms with Crippen LogP contribution in [-0.2, 0) is 37.5 Å². The number of nitriles is 1. The first-order valence-corrected chi connectivity index (χ1v) is 31.6. The summed E-state index contributed by atoms with van der Waals surface area (Å²) in [5, 5.41) is 38.2. The standard InChI is InChI=1S/C58H68N8O13S3/c1-26-16-29-17-33-34(20-59)66-35-21-75-55(70)58(30-19-37(73-4)36(67)18-28(30)14-15-60-58)24-82-54(44-43(35)52-51(76-25-77-52)27(2)50(44)78-40(68)12-8-6-10-38-45-31(22-80-38)61-56(71)63-45)48(66)47(65(33)3)42(29)53(49(26)74-5)79-41(69)13-9-7-11-39-46-32(23-81-39)62-57(72)64-46/h16,18-19,31-35,38-39,45-48,54,60,67H,6-15,17,21-25H2,1-5H3,(H2,61,63,71)(H2,62,64,72)/t31?,32?,33-,34+,35-,38?,39?,45?,46?,47-,48?,54-,58-/m1/s1. The first kappa shape index (κ1) is 55.2. The summed E-state index contributed by atoms with van der Waals surface area (Å²) in [5.41, 5.74) is 4.16. The van der Waals surface area contributed by atoms with Crippen molar-refractivity contribution in [2.45, 2.75) is 154 Å². The van der Waals surface area contributed by atoms with Crippen LogP contribution in [0.4, 0.5) is 9.59 Å². The van der Waals surface area contributed by atoms with Gasteiger partial charge in [-0.3, -0.25) is 24.7 Å². The maximum absolute atomic E-state index is 15.3. The number of benzene rings is 3. The van der Waals surface area contributed by atoms with Gasteiger partial charge in [-0.05, 0) is 93.8 Å². The zero-order valence-electron chi connectivity index (χ0n) is 46.4. The van der Waals surface area contributed by atoms with E-state index >= 15 is 4.79 Å². The van der Waals surface area contributed by atoms with E-state index < -0.39 is 58.9 Å². The molecule has 11 aliphatic heterocycles. The average Bonchev–Trinajstić information content (AvgIpc) is 1.25. The van der Waals surface area contributed by atoms with Crippen LogP contribution in [0.5, 0.6) is 40.2 Å². The maximum Gasteiger partial charge on any atom is 0.331 e. The van der Waals surface area contributed by atoms with E-state index in [9.17, 15) is 29.5 Å². The predicted octanol–water partition coefficient (Wildman–Crippen LogP) is 5.62. The van der Waals surface area contributed by atoms with Gasteiger partial charge in [0.05, 0.1) is 61.8 Å². The highest BCUT2D eigenvalue weighted by Gasteiger charge is 2.62. The van der Waals surface area contributed by atoms with Gasteiger partial charge in [-0.25, -0.2) is 14.4 Å². The van der Waals surface area contributed by atoms with Gasteiger partial charge in [0.25, 0.3) is 0 Å². The fourth-order valence-electron chi connectivity index (χ4n) is 15.0. The number of piperazine rings is 1. The molecule has 21 nitrogen and oxygen atoms in total. The number of amides is 4. The molecule has 82 heavy (non-hydrogen) atoms. The number of esters is 3. The van der Waals surface area contributed by atoms with E-state index in [4.69, 9.17) is 33.2 Å². The number of fused-ring (bicyclic) bond motifs is 11. The summed E-state index contributed by atoms with van der Waals surface area (Å²) in [5.74, 6) is 2.39. The van der Waals surface area contributed by atoms with Crippen molar-refractivity contribution in [3.05, 3.63) is 62.7 Å². The zero-order chi connectivity index (χ0) is 56.9. The summed E-state index contributed by atoms with van der Waals surface area (Å²) in [6.07, 6.45) is 5.49. The molecule has 13 atom stereocenters. The van der Waals surface area contributed by atoms with E-state index in [0.717, 1.165) is 59.4 Å². The summed E-state index contributed by atoms with van der Waals surface area (Å²) in [6.45, 7) is 3.82. The number of unbranched alkanes of at least 4 members (excludes halogenated alkanes) is 2. The Labute approximate surface area is 488 Å². The Bertz CT molecular complexity index is 3200. The Morgan fingerprint density at radius 2 is 1.48 bits per heavy atom. The van der Waals surface area contributed by atoms with Crippen LogP contribution in [0.2, 0.25) is 0 Å². The molecule has 3 aromatic carbocycles. The highest BCUT2D eigenvalue weighted by molar-refractivity contribution is 8.00. The molecule has 14 rings (SSSR count). The first-order valence-electron chi connectivity index (χ1n) is 28.5. The highest BCUT2D eigenvalue weighted by Crippen LogP contribution is 2.65. The molecule has 0 aliphatic carbocycles. The summed E-state index contributed by atoms with van der Waals surface area (Å²) in [7, 11) is 5.04. The van der Waals surface area contributed by atoms with Crippen LogP contribution in [0.3, 0.4) is 0 Å². The number of likely N-dealkylation sites (N-methyl/N-ethyl adjacent to an activating group) is 1. The van der Waals surface area contributed by atoms with E-state index in [2.05, 4.69) is 48.5 Å². The molecule has 11 aliphatic rings. The molecule has 7 unspecified atom stereocenters. The largest absolute Gasteiger partial charge is 0.504 e. The van der Waals surface area contributed by atoms with Gasteiger partial charge in [-0.2, -0.15) is 28.8 Å². The van der Waals surface area contributed by atoms with Crippen LogP contribution >= 0.6 is 35.3 Å². The van der Waals surface area contributed by atoms with Crippen LogP contribution in [0.25, 0.3) is 0 Å². The molecule has 11 heterocycles. The molecule has 0 saturated carbocycles. The number of nitrogens with one attached hydrogen (secondary N) is 5. The topological polar surface area (TPSA) is 261 Å². The van der Waals surface area contributed by atoms with Gasteiger partial charge in [0, 0.05) is 81.5 Å². The quantitative estimate of drug-likeness (QED) is 0.0495. The molecule has 3 aromatic rings. The van der Waals surface area contributed by atoms with Crippen LogP contribution < -0.4 is 55.0 Å². The van der Waals surface area contributed by atoms with Crippen LogP contribution in [0.1, 0.15) is 113 Å². The molecular formula is C58H68N8O13S3. The lowest BCUT2D eigenvalue weighted by atomic mass is 9.71. The number of thioether (sulfide) groups is 3. The molecule has 24 heteroatoms. The second kappa shape index (κ2) is 21.9. The van der Waals surface area contributed by atoms with Crippen molar-refractivity contribution in [2.75, 3.05) is 58.5 Å². The minimum absolute atomic E-state index is 0.0483. The Morgan fingerprint density at radius 3 is 2.13 bits per heavy atom. The van der Waals surface area contributed by atoms with Crippen molar-refractivity contribution in [1.82, 2.24) is 36.4 Å². The number of phenolic OH excluding ortho intramolecular Hbond substituents is 1. The van der Waals surface area contributed by atoms with Crippen molar-refractivity contribution in [1.29, 1.82) is 5.26 Å². The van der Waals surface area contributed by atoms with Crippen molar-refractivity contribution >= 4 is 65.3 Å². The van der Waals surface area contributed by atoms with Gasteiger partial charge in [-0.15, -0.1) is 11.8 Å². The Hall–Kier alpha value is -5.97. The van der Waals surface area contributed by atoms with Gasteiger partial charge >= 0.3 is 30.0 Å². The smallest absolute Gasteiger partial charge is 0.331 e. The monoisotopic (exact) mass is 1180 g/mol. The fraction of sp³-hybridized carbons (Fsp3) is 0.586. The molecule has 4 amide bonds. The number of hydrogen-bond acceptors (Lipinski definition) is 20. The number of phenols is 1. The van der Waals surface area contributed by atoms with Gasteiger partial charge in [0.2, 0.25) is 6.79 Å². The molecule has 0 radical (unpaired) electrons. The van der Waals surface area contributed by atoms with E-state index in [1.165, 1.54) is 18.9 Å². The molecular weight excluding hydrogens is 1110 g/mol. The third-order valence-corrected chi connectivity index (χ3v) is 23.2. The number of methoxy groups -OCH3 is 2. The minimum atomic E-state index is -1.46. The summed E-state index contributed by atoms with van der Waals surface area (Å²) < 4.78 is 44.6. The van der Waals surface area contributed by atoms with E-state index in [-0.39, 0.29) is 90.2 Å². The molecule has 436 valence electrons.